The quantitative estimate of drug-likeness (QED) is 0.467. The van der Waals surface area contributed by atoms with Crippen molar-refractivity contribution in [2.24, 2.45) is 15.2 Å². The molecular weight excluding hydrogens is 340 g/mol. The Kier molecular flexibility index (Phi) is 7.08. The van der Waals surface area contributed by atoms with Crippen molar-refractivity contribution >= 4 is 34.8 Å². The molecule has 27 heavy (non-hydrogen) atoms. The molecule has 0 heterocycles. The van der Waals surface area contributed by atoms with Crippen molar-refractivity contribution in [3.8, 4) is 0 Å². The number of aliphatic imine (C=N–C) groups is 1. The van der Waals surface area contributed by atoms with Crippen LogP contribution >= 0.6 is 0 Å². The number of benzene rings is 2. The van der Waals surface area contributed by atoms with E-state index in [0.29, 0.717) is 11.4 Å². The van der Waals surface area contributed by atoms with Gasteiger partial charge in [0.2, 0.25) is 0 Å². The van der Waals surface area contributed by atoms with Crippen LogP contribution < -0.4 is 15.3 Å². The van der Waals surface area contributed by atoms with Crippen LogP contribution in [0.25, 0.3) is 0 Å². The molecule has 0 aliphatic heterocycles. The van der Waals surface area contributed by atoms with Crippen molar-refractivity contribution in [1.82, 2.24) is 5.48 Å². The summed E-state index contributed by atoms with van der Waals surface area (Å²) in [5.41, 5.74) is 6.38. The van der Waals surface area contributed by atoms with E-state index in [2.05, 4.69) is 20.7 Å². The van der Waals surface area contributed by atoms with Crippen molar-refractivity contribution in [2.75, 3.05) is 38.0 Å². The predicted molar refractivity (Wildman–Crippen MR) is 114 cm³/mol. The Hall–Kier alpha value is -3.19. The fourth-order valence-electron chi connectivity index (χ4n) is 2.23. The van der Waals surface area contributed by atoms with Gasteiger partial charge in [-0.25, -0.2) is 4.99 Å². The molecule has 0 fully saturated rings. The Morgan fingerprint density at radius 2 is 1.41 bits per heavy atom. The summed E-state index contributed by atoms with van der Waals surface area (Å²) in [5, 5.41) is 17.6. The average Bonchev–Trinajstić information content (AvgIpc) is 2.66. The first-order valence-corrected chi connectivity index (χ1v) is 8.52. The lowest BCUT2D eigenvalue weighted by Gasteiger charge is -2.12. The fraction of sp³-hybridized carbons (Fsp3) is 0.250. The van der Waals surface area contributed by atoms with Gasteiger partial charge in [0.25, 0.3) is 0 Å². The Labute approximate surface area is 160 Å². The minimum absolute atomic E-state index is 0.243. The van der Waals surface area contributed by atoms with Crippen molar-refractivity contribution < 1.29 is 5.21 Å². The third kappa shape index (κ3) is 5.93. The van der Waals surface area contributed by atoms with Gasteiger partial charge in [0.1, 0.15) is 5.71 Å². The smallest absolute Gasteiger partial charge is 0.173 e. The molecule has 142 valence electrons. The van der Waals surface area contributed by atoms with E-state index in [1.165, 1.54) is 0 Å². The van der Waals surface area contributed by atoms with Crippen LogP contribution in [0.1, 0.15) is 12.5 Å². The normalized spacial score (nSPS) is 12.4. The second-order valence-electron chi connectivity index (χ2n) is 6.40. The summed E-state index contributed by atoms with van der Waals surface area (Å²) in [6, 6.07) is 15.6. The maximum atomic E-state index is 9.37. The maximum absolute atomic E-state index is 9.37. The molecule has 0 atom stereocenters. The molecule has 7 nitrogen and oxygen atoms in total. The standard InChI is InChI=1S/C20H26N6O/c1-15(23-21-14-16-6-10-18(11-7-16)25(2)3)20(24-27)22-17-8-12-19(13-9-17)26(4)5/h6-14,27H,1-5H3,(H,22,24)/b21-14+,23-15+. The predicted octanol–water partition coefficient (Wildman–Crippen LogP) is 3.32. The third-order valence-corrected chi connectivity index (χ3v) is 3.88. The van der Waals surface area contributed by atoms with Gasteiger partial charge in [-0.2, -0.15) is 10.2 Å². The van der Waals surface area contributed by atoms with Crippen LogP contribution in [0.15, 0.2) is 63.7 Å². The molecule has 2 aromatic rings. The number of hydrogen-bond acceptors (Lipinski definition) is 6. The van der Waals surface area contributed by atoms with Crippen LogP contribution in [0.3, 0.4) is 0 Å². The highest BCUT2D eigenvalue weighted by atomic mass is 16.5. The van der Waals surface area contributed by atoms with E-state index >= 15 is 0 Å². The van der Waals surface area contributed by atoms with Crippen molar-refractivity contribution in [1.29, 1.82) is 0 Å². The minimum Gasteiger partial charge on any atom is -0.378 e. The summed E-state index contributed by atoms with van der Waals surface area (Å²) < 4.78 is 0. The topological polar surface area (TPSA) is 75.8 Å². The van der Waals surface area contributed by atoms with Gasteiger partial charge in [-0.3, -0.25) is 10.7 Å². The summed E-state index contributed by atoms with van der Waals surface area (Å²) in [4.78, 5) is 8.40. The SMILES string of the molecule is C/C(=N\N=C\c1ccc(N(C)C)cc1)C(=Nc1ccc(N(C)C)cc1)NO. The van der Waals surface area contributed by atoms with Gasteiger partial charge < -0.3 is 9.80 Å². The Morgan fingerprint density at radius 1 is 0.889 bits per heavy atom. The lowest BCUT2D eigenvalue weighted by molar-refractivity contribution is 0.236. The van der Waals surface area contributed by atoms with Gasteiger partial charge in [-0.05, 0) is 48.9 Å². The van der Waals surface area contributed by atoms with Crippen molar-refractivity contribution in [2.45, 2.75) is 6.92 Å². The van der Waals surface area contributed by atoms with Crippen LogP contribution in [0.2, 0.25) is 0 Å². The second kappa shape index (κ2) is 9.49. The van der Waals surface area contributed by atoms with Gasteiger partial charge in [-0.15, -0.1) is 0 Å². The van der Waals surface area contributed by atoms with Crippen molar-refractivity contribution in [3.05, 3.63) is 54.1 Å². The zero-order valence-corrected chi connectivity index (χ0v) is 16.4. The van der Waals surface area contributed by atoms with Crippen LogP contribution in [0, 0.1) is 0 Å². The molecule has 0 bridgehead atoms. The van der Waals surface area contributed by atoms with E-state index in [9.17, 15) is 5.21 Å². The van der Waals surface area contributed by atoms with Crippen LogP contribution in [0.5, 0.6) is 0 Å². The summed E-state index contributed by atoms with van der Waals surface area (Å²) in [6.07, 6.45) is 1.66. The van der Waals surface area contributed by atoms with Gasteiger partial charge in [0.05, 0.1) is 11.9 Å². The number of rotatable bonds is 6. The van der Waals surface area contributed by atoms with Crippen LogP contribution in [-0.4, -0.2) is 51.2 Å². The molecule has 0 aliphatic carbocycles. The molecule has 0 amide bonds. The van der Waals surface area contributed by atoms with Crippen LogP contribution in [0.4, 0.5) is 17.1 Å². The Morgan fingerprint density at radius 3 is 1.89 bits per heavy atom. The number of anilines is 2. The molecule has 0 saturated carbocycles. The molecule has 0 aliphatic rings. The zero-order valence-electron chi connectivity index (χ0n) is 16.4. The van der Waals surface area contributed by atoms with E-state index in [0.717, 1.165) is 16.9 Å². The maximum Gasteiger partial charge on any atom is 0.173 e. The lowest BCUT2D eigenvalue weighted by Crippen LogP contribution is -2.26. The molecule has 2 N–H and O–H groups in total. The van der Waals surface area contributed by atoms with E-state index in [1.54, 1.807) is 13.1 Å². The van der Waals surface area contributed by atoms with Gasteiger partial charge in [0, 0.05) is 39.6 Å². The highest BCUT2D eigenvalue weighted by Gasteiger charge is 2.03. The molecule has 0 saturated heterocycles. The molecule has 2 aromatic carbocycles. The molecule has 0 radical (unpaired) electrons. The highest BCUT2D eigenvalue weighted by Crippen LogP contribution is 2.18. The van der Waals surface area contributed by atoms with E-state index in [4.69, 9.17) is 0 Å². The minimum atomic E-state index is 0.243. The summed E-state index contributed by atoms with van der Waals surface area (Å²) >= 11 is 0. The molecule has 2 rings (SSSR count). The number of hydrogen-bond donors (Lipinski definition) is 2. The molecule has 7 heteroatoms. The van der Waals surface area contributed by atoms with E-state index in [-0.39, 0.29) is 5.84 Å². The average molecular weight is 366 g/mol. The van der Waals surface area contributed by atoms with Gasteiger partial charge >= 0.3 is 0 Å². The second-order valence-corrected chi connectivity index (χ2v) is 6.40. The number of nitrogens with zero attached hydrogens (tertiary/aromatic N) is 5. The van der Waals surface area contributed by atoms with Gasteiger partial charge in [-0.1, -0.05) is 12.1 Å². The monoisotopic (exact) mass is 366 g/mol. The summed E-state index contributed by atoms with van der Waals surface area (Å²) in [6.45, 7) is 1.72. The largest absolute Gasteiger partial charge is 0.378 e. The first-order valence-electron chi connectivity index (χ1n) is 8.52. The fourth-order valence-corrected chi connectivity index (χ4v) is 2.23. The summed E-state index contributed by atoms with van der Waals surface area (Å²) in [7, 11) is 7.94. The first-order chi connectivity index (χ1) is 12.9. The number of hydroxylamine groups is 1. The zero-order chi connectivity index (χ0) is 19.8. The van der Waals surface area contributed by atoms with Gasteiger partial charge in [0.15, 0.2) is 5.84 Å². The molecular formula is C20H26N6O. The first kappa shape index (κ1) is 20.1. The number of amidine groups is 1. The van der Waals surface area contributed by atoms with E-state index in [1.807, 2.05) is 86.5 Å². The molecule has 0 spiro atoms. The van der Waals surface area contributed by atoms with Crippen molar-refractivity contribution in [3.63, 3.8) is 0 Å². The number of nitrogens with one attached hydrogen (secondary N) is 1. The molecule has 0 unspecified atom stereocenters. The van der Waals surface area contributed by atoms with Crippen LogP contribution in [-0.2, 0) is 0 Å². The molecule has 0 aromatic heterocycles. The van der Waals surface area contributed by atoms with E-state index < -0.39 is 0 Å². The Balaban J connectivity index is 2.11. The summed E-state index contributed by atoms with van der Waals surface area (Å²) in [5.74, 6) is 0.243. The highest BCUT2D eigenvalue weighted by molar-refractivity contribution is 6.40. The lowest BCUT2D eigenvalue weighted by atomic mass is 10.2. The third-order valence-electron chi connectivity index (χ3n) is 3.88. The Bertz CT molecular complexity index is 821.